The van der Waals surface area contributed by atoms with Crippen LogP contribution in [0.4, 0.5) is 0 Å². The smallest absolute Gasteiger partial charge is 0.245 e. The second-order valence-corrected chi connectivity index (χ2v) is 7.77. The summed E-state index contributed by atoms with van der Waals surface area (Å²) in [6.07, 6.45) is 4.72. The number of rotatable bonds is 3. The zero-order valence-corrected chi connectivity index (χ0v) is 16.3. The second-order valence-electron chi connectivity index (χ2n) is 6.91. The first-order chi connectivity index (χ1) is 12.0. The maximum atomic E-state index is 13.2. The highest BCUT2D eigenvalue weighted by Gasteiger charge is 2.35. The first kappa shape index (κ1) is 18.2. The van der Waals surface area contributed by atoms with Crippen molar-refractivity contribution in [2.45, 2.75) is 45.2 Å². The fraction of sp³-hybridized carbons (Fsp3) is 0.500. The Kier molecular flexibility index (Phi) is 5.62. The highest BCUT2D eigenvalue weighted by molar-refractivity contribution is 9.10. The van der Waals surface area contributed by atoms with Crippen LogP contribution in [0.3, 0.4) is 0 Å². The molecule has 1 saturated heterocycles. The van der Waals surface area contributed by atoms with Gasteiger partial charge in [0.05, 0.1) is 0 Å². The van der Waals surface area contributed by atoms with Gasteiger partial charge in [-0.15, -0.1) is 0 Å². The van der Waals surface area contributed by atoms with Crippen LogP contribution in [0.15, 0.2) is 35.3 Å². The van der Waals surface area contributed by atoms with Gasteiger partial charge in [0.25, 0.3) is 0 Å². The molecule has 1 unspecified atom stereocenters. The summed E-state index contributed by atoms with van der Waals surface area (Å²) in [7, 11) is 0. The van der Waals surface area contributed by atoms with Gasteiger partial charge in [-0.3, -0.25) is 9.59 Å². The van der Waals surface area contributed by atoms with E-state index in [1.165, 1.54) is 17.2 Å². The highest BCUT2D eigenvalue weighted by atomic mass is 79.9. The summed E-state index contributed by atoms with van der Waals surface area (Å²) in [4.78, 5) is 28.7. The lowest BCUT2D eigenvalue weighted by Crippen LogP contribution is -2.49. The average Bonchev–Trinajstić information content (AvgIpc) is 2.66. The van der Waals surface area contributed by atoms with Crippen LogP contribution in [0.5, 0.6) is 0 Å². The molecule has 3 rings (SSSR count). The quantitative estimate of drug-likeness (QED) is 0.722. The number of piperidine rings is 1. The number of likely N-dealkylation sites (tertiary alicyclic amines) is 1. The standard InChI is InChI=1S/C20H25BrN2O2/c1-3-16-12-17-15(6-5-7-18(17)21)13-23(16)20(25)14-8-10-22(11-9-14)19(24)4-2/h4-7,14,16H,2-3,8-13H2,1H3. The molecule has 1 atom stereocenters. The lowest BCUT2D eigenvalue weighted by atomic mass is 9.89. The van der Waals surface area contributed by atoms with Gasteiger partial charge in [0, 0.05) is 36.1 Å². The van der Waals surface area contributed by atoms with E-state index < -0.39 is 0 Å². The van der Waals surface area contributed by atoms with Gasteiger partial charge < -0.3 is 9.80 Å². The van der Waals surface area contributed by atoms with Crippen molar-refractivity contribution < 1.29 is 9.59 Å². The van der Waals surface area contributed by atoms with Crippen LogP contribution in [0.1, 0.15) is 37.3 Å². The third kappa shape index (κ3) is 3.66. The average molecular weight is 405 g/mol. The van der Waals surface area contributed by atoms with E-state index in [9.17, 15) is 9.59 Å². The lowest BCUT2D eigenvalue weighted by Gasteiger charge is -2.40. The first-order valence-electron chi connectivity index (χ1n) is 9.03. The number of carbonyl (C=O) groups is 2. The van der Waals surface area contributed by atoms with Crippen LogP contribution in [0.2, 0.25) is 0 Å². The van der Waals surface area contributed by atoms with Crippen molar-refractivity contribution in [1.29, 1.82) is 0 Å². The van der Waals surface area contributed by atoms with Gasteiger partial charge in [-0.05, 0) is 49.0 Å². The molecule has 2 amide bonds. The van der Waals surface area contributed by atoms with E-state index >= 15 is 0 Å². The van der Waals surface area contributed by atoms with E-state index in [4.69, 9.17) is 0 Å². The Morgan fingerprint density at radius 3 is 2.68 bits per heavy atom. The molecule has 0 saturated carbocycles. The molecule has 0 aliphatic carbocycles. The Morgan fingerprint density at radius 2 is 2.04 bits per heavy atom. The molecule has 2 aliphatic rings. The molecule has 1 fully saturated rings. The number of amides is 2. The van der Waals surface area contributed by atoms with E-state index in [1.807, 2.05) is 6.07 Å². The van der Waals surface area contributed by atoms with Crippen molar-refractivity contribution in [1.82, 2.24) is 9.80 Å². The van der Waals surface area contributed by atoms with Gasteiger partial charge in [-0.2, -0.15) is 0 Å². The van der Waals surface area contributed by atoms with E-state index in [-0.39, 0.29) is 23.8 Å². The fourth-order valence-corrected chi connectivity index (χ4v) is 4.54. The number of hydrogen-bond donors (Lipinski definition) is 0. The molecule has 5 heteroatoms. The molecule has 0 radical (unpaired) electrons. The summed E-state index contributed by atoms with van der Waals surface area (Å²) in [5.74, 6) is 0.244. The maximum Gasteiger partial charge on any atom is 0.245 e. The number of halogens is 1. The molecule has 0 N–H and O–H groups in total. The SMILES string of the molecule is C=CC(=O)N1CCC(C(=O)N2Cc3cccc(Br)c3CC2CC)CC1. The maximum absolute atomic E-state index is 13.2. The molecule has 134 valence electrons. The van der Waals surface area contributed by atoms with Gasteiger partial charge in [-0.1, -0.05) is 41.6 Å². The molecule has 2 aliphatic heterocycles. The number of hydrogen-bond acceptors (Lipinski definition) is 2. The minimum absolute atomic E-state index is 0.0246. The van der Waals surface area contributed by atoms with Crippen LogP contribution in [0, 0.1) is 5.92 Å². The minimum Gasteiger partial charge on any atom is -0.339 e. The van der Waals surface area contributed by atoms with Crippen molar-refractivity contribution in [2.75, 3.05) is 13.1 Å². The zero-order chi connectivity index (χ0) is 18.0. The van der Waals surface area contributed by atoms with Crippen LogP contribution in [-0.2, 0) is 22.6 Å². The van der Waals surface area contributed by atoms with Crippen molar-refractivity contribution in [3.8, 4) is 0 Å². The summed E-state index contributed by atoms with van der Waals surface area (Å²) < 4.78 is 1.15. The van der Waals surface area contributed by atoms with Crippen LogP contribution >= 0.6 is 15.9 Å². The number of carbonyl (C=O) groups excluding carboxylic acids is 2. The summed E-state index contributed by atoms with van der Waals surface area (Å²) in [6, 6.07) is 6.50. The summed E-state index contributed by atoms with van der Waals surface area (Å²) >= 11 is 3.65. The number of benzene rings is 1. The second kappa shape index (κ2) is 7.73. The number of fused-ring (bicyclic) bond motifs is 1. The molecular weight excluding hydrogens is 380 g/mol. The Labute approximate surface area is 158 Å². The molecule has 0 bridgehead atoms. The van der Waals surface area contributed by atoms with Crippen LogP contribution in [-0.4, -0.2) is 40.7 Å². The zero-order valence-electron chi connectivity index (χ0n) is 14.7. The molecule has 0 aromatic heterocycles. The summed E-state index contributed by atoms with van der Waals surface area (Å²) in [5, 5.41) is 0. The normalized spacial score (nSPS) is 21.0. The largest absolute Gasteiger partial charge is 0.339 e. The Bertz CT molecular complexity index is 680. The predicted molar refractivity (Wildman–Crippen MR) is 102 cm³/mol. The molecule has 1 aromatic rings. The van der Waals surface area contributed by atoms with Gasteiger partial charge in [0.2, 0.25) is 11.8 Å². The van der Waals surface area contributed by atoms with E-state index in [2.05, 4.69) is 46.5 Å². The van der Waals surface area contributed by atoms with Gasteiger partial charge >= 0.3 is 0 Å². The van der Waals surface area contributed by atoms with Gasteiger partial charge in [-0.25, -0.2) is 0 Å². The highest BCUT2D eigenvalue weighted by Crippen LogP contribution is 2.32. The molecule has 0 spiro atoms. The first-order valence-corrected chi connectivity index (χ1v) is 9.82. The van der Waals surface area contributed by atoms with E-state index in [1.54, 1.807) is 4.90 Å². The Balaban J connectivity index is 1.71. The van der Waals surface area contributed by atoms with E-state index in [0.29, 0.717) is 19.6 Å². The summed E-state index contributed by atoms with van der Waals surface area (Å²) in [5.41, 5.74) is 2.58. The molecule has 4 nitrogen and oxygen atoms in total. The summed E-state index contributed by atoms with van der Waals surface area (Å²) in [6.45, 7) is 7.68. The topological polar surface area (TPSA) is 40.6 Å². The Morgan fingerprint density at radius 1 is 1.32 bits per heavy atom. The molecule has 1 aromatic carbocycles. The molecular formula is C20H25BrN2O2. The third-order valence-corrected chi connectivity index (χ3v) is 6.26. The van der Waals surface area contributed by atoms with Crippen molar-refractivity contribution in [3.05, 3.63) is 46.5 Å². The molecule has 25 heavy (non-hydrogen) atoms. The monoisotopic (exact) mass is 404 g/mol. The molecule has 2 heterocycles. The van der Waals surface area contributed by atoms with Crippen molar-refractivity contribution >= 4 is 27.7 Å². The van der Waals surface area contributed by atoms with Gasteiger partial charge in [0.1, 0.15) is 0 Å². The van der Waals surface area contributed by atoms with Crippen LogP contribution in [0.25, 0.3) is 0 Å². The van der Waals surface area contributed by atoms with E-state index in [0.717, 1.165) is 30.2 Å². The third-order valence-electron chi connectivity index (χ3n) is 5.52. The van der Waals surface area contributed by atoms with Crippen molar-refractivity contribution in [3.63, 3.8) is 0 Å². The fourth-order valence-electron chi connectivity index (χ4n) is 3.97. The predicted octanol–water partition coefficient (Wildman–Crippen LogP) is 3.54. The van der Waals surface area contributed by atoms with Gasteiger partial charge in [0.15, 0.2) is 0 Å². The Hall–Kier alpha value is -1.62. The minimum atomic E-state index is -0.0333. The number of nitrogens with zero attached hydrogens (tertiary/aromatic N) is 2. The van der Waals surface area contributed by atoms with Crippen molar-refractivity contribution in [2.24, 2.45) is 5.92 Å². The lowest BCUT2D eigenvalue weighted by molar-refractivity contribution is -0.142. The van der Waals surface area contributed by atoms with Crippen LogP contribution < -0.4 is 0 Å².